The zero-order valence-corrected chi connectivity index (χ0v) is 28.7. The van der Waals surface area contributed by atoms with E-state index in [1.54, 1.807) is 24.0 Å². The van der Waals surface area contributed by atoms with Gasteiger partial charge in [0.2, 0.25) is 0 Å². The zero-order valence-electron chi connectivity index (χ0n) is 27.9. The number of nitrogens with one attached hydrogen (secondary N) is 1. The third-order valence-corrected chi connectivity index (χ3v) is 13.8. The Morgan fingerprint density at radius 2 is 1.98 bits per heavy atom. The molecular formula is C39H41FN6O3S. The summed E-state index contributed by atoms with van der Waals surface area (Å²) in [7, 11) is 0. The number of benzene rings is 2. The van der Waals surface area contributed by atoms with Crippen LogP contribution in [0.25, 0.3) is 11.1 Å². The number of aliphatic hydroxyl groups is 1. The Bertz CT molecular complexity index is 2000. The van der Waals surface area contributed by atoms with E-state index < -0.39 is 17.8 Å². The Labute approximate surface area is 294 Å². The van der Waals surface area contributed by atoms with Gasteiger partial charge in [-0.3, -0.25) is 14.9 Å². The average molecular weight is 693 g/mol. The summed E-state index contributed by atoms with van der Waals surface area (Å²) in [6.07, 6.45) is 10.4. The van der Waals surface area contributed by atoms with Crippen molar-refractivity contribution in [3.05, 3.63) is 88.2 Å². The normalized spacial score (nSPS) is 30.0. The fourth-order valence-corrected chi connectivity index (χ4v) is 11.2. The van der Waals surface area contributed by atoms with Crippen molar-refractivity contribution in [1.82, 2.24) is 24.3 Å². The van der Waals surface area contributed by atoms with E-state index in [0.29, 0.717) is 27.5 Å². The molecule has 3 aliphatic carbocycles. The highest BCUT2D eigenvalue weighted by Gasteiger charge is 2.79. The lowest BCUT2D eigenvalue weighted by atomic mass is 9.72. The molecule has 0 spiro atoms. The van der Waals surface area contributed by atoms with Crippen molar-refractivity contribution in [2.24, 2.45) is 23.7 Å². The number of likely N-dealkylation sites (tertiary alicyclic amines) is 1. The maximum absolute atomic E-state index is 15.9. The first-order valence-electron chi connectivity index (χ1n) is 18.3. The van der Waals surface area contributed by atoms with Crippen LogP contribution in [-0.4, -0.2) is 67.0 Å². The summed E-state index contributed by atoms with van der Waals surface area (Å²) in [4.78, 5) is 40.8. The van der Waals surface area contributed by atoms with E-state index in [2.05, 4.69) is 44.5 Å². The molecule has 3 aliphatic heterocycles. The molecule has 7 unspecified atom stereocenters. The second kappa shape index (κ2) is 11.5. The second-order valence-corrected chi connectivity index (χ2v) is 16.4. The lowest BCUT2D eigenvalue weighted by Gasteiger charge is -2.37. The van der Waals surface area contributed by atoms with Gasteiger partial charge in [-0.2, -0.15) is 0 Å². The molecule has 4 aromatic rings. The highest BCUT2D eigenvalue weighted by molar-refractivity contribution is 7.13. The van der Waals surface area contributed by atoms with Gasteiger partial charge in [0.05, 0.1) is 24.7 Å². The summed E-state index contributed by atoms with van der Waals surface area (Å²) in [6.45, 7) is 4.06. The smallest absolute Gasteiger partial charge is 0.255 e. The van der Waals surface area contributed by atoms with Crippen LogP contribution in [0.1, 0.15) is 77.4 Å². The van der Waals surface area contributed by atoms with Crippen LogP contribution in [0.2, 0.25) is 0 Å². The number of aryl methyl sites for hydroxylation is 1. The number of aliphatic hydroxyl groups excluding tert-OH is 1. The third kappa shape index (κ3) is 4.69. The molecule has 9 nitrogen and oxygen atoms in total. The molecule has 5 heterocycles. The molecule has 11 heteroatoms. The number of carbonyl (C=O) groups is 2. The SMILES string of the molecule is O=C(Nc1nccs1)C(c1ncn2c1CCC2)N1Cc2c(F)cc(-c3ccc(C45CC(CN6CCCC(O)CC6)C6CC4C65)cc3)cc2C1=O. The number of halogens is 1. The second-order valence-electron chi connectivity index (χ2n) is 15.5. The van der Waals surface area contributed by atoms with Gasteiger partial charge in [0.15, 0.2) is 11.2 Å². The molecule has 1 saturated heterocycles. The molecule has 2 aromatic carbocycles. The molecule has 7 atom stereocenters. The van der Waals surface area contributed by atoms with Gasteiger partial charge in [0, 0.05) is 53.4 Å². The maximum atomic E-state index is 15.9. The molecule has 4 fully saturated rings. The average Bonchev–Trinajstić information content (AvgIpc) is 3.79. The number of carbonyl (C=O) groups excluding carboxylic acids is 2. The number of hydrogen-bond acceptors (Lipinski definition) is 7. The Morgan fingerprint density at radius 3 is 2.82 bits per heavy atom. The van der Waals surface area contributed by atoms with E-state index in [9.17, 15) is 14.7 Å². The van der Waals surface area contributed by atoms with Crippen molar-refractivity contribution in [3.63, 3.8) is 0 Å². The van der Waals surface area contributed by atoms with Gasteiger partial charge in [-0.05, 0) is 104 Å². The summed E-state index contributed by atoms with van der Waals surface area (Å²) in [6, 6.07) is 11.0. The standard InChI is InChI=1S/C39H41FN6O3S/c40-31-16-23(22-5-7-25(8-6-22)39-18-24(27-17-30(39)33(27)39)19-44-11-1-3-26(47)9-13-44)15-28-29(31)20-46(37(28)49)35(36(48)43-38-41-10-14-50-38)34-32-4-2-12-45(32)21-42-34/h5-8,10,14-16,21,24,26-27,30,33,35,47H,1-4,9,11-13,17-20H2,(H,41,43,48). The number of imidazole rings is 1. The summed E-state index contributed by atoms with van der Waals surface area (Å²) in [5, 5.41) is 15.2. The van der Waals surface area contributed by atoms with Gasteiger partial charge in [0.25, 0.3) is 11.8 Å². The highest BCUT2D eigenvalue weighted by Crippen LogP contribution is 2.82. The van der Waals surface area contributed by atoms with E-state index in [1.165, 1.54) is 40.7 Å². The molecule has 258 valence electrons. The Balaban J connectivity index is 0.894. The molecule has 2 aromatic heterocycles. The van der Waals surface area contributed by atoms with Crippen LogP contribution in [0.5, 0.6) is 0 Å². The van der Waals surface area contributed by atoms with Crippen LogP contribution in [0.15, 0.2) is 54.3 Å². The van der Waals surface area contributed by atoms with Gasteiger partial charge < -0.3 is 19.5 Å². The van der Waals surface area contributed by atoms with Crippen molar-refractivity contribution >= 4 is 28.3 Å². The summed E-state index contributed by atoms with van der Waals surface area (Å²) in [5.41, 5.74) is 5.32. The minimum absolute atomic E-state index is 0.00683. The van der Waals surface area contributed by atoms with E-state index in [4.69, 9.17) is 0 Å². The van der Waals surface area contributed by atoms with Crippen LogP contribution in [-0.2, 0) is 29.7 Å². The Morgan fingerprint density at radius 1 is 1.10 bits per heavy atom. The molecule has 0 bridgehead atoms. The number of aromatic nitrogens is 3. The molecule has 6 aliphatic rings. The molecule has 2 amide bonds. The third-order valence-electron chi connectivity index (χ3n) is 13.1. The van der Waals surface area contributed by atoms with Crippen molar-refractivity contribution in [1.29, 1.82) is 0 Å². The fraction of sp³-hybridized carbons (Fsp3) is 0.487. The number of anilines is 1. The van der Waals surface area contributed by atoms with Gasteiger partial charge in [0.1, 0.15) is 5.82 Å². The zero-order chi connectivity index (χ0) is 33.7. The molecule has 0 radical (unpaired) electrons. The number of thiazole rings is 1. The first-order chi connectivity index (χ1) is 24.4. The number of hydrogen-bond donors (Lipinski definition) is 2. The van der Waals surface area contributed by atoms with E-state index in [1.807, 2.05) is 4.57 Å². The van der Waals surface area contributed by atoms with E-state index in [0.717, 1.165) is 93.2 Å². The molecule has 50 heavy (non-hydrogen) atoms. The predicted molar refractivity (Wildman–Crippen MR) is 187 cm³/mol. The largest absolute Gasteiger partial charge is 0.393 e. The Kier molecular flexibility index (Phi) is 7.13. The van der Waals surface area contributed by atoms with E-state index >= 15 is 4.39 Å². The summed E-state index contributed by atoms with van der Waals surface area (Å²) in [5.74, 6) is 1.90. The minimum Gasteiger partial charge on any atom is -0.393 e. The number of nitrogens with zero attached hydrogens (tertiary/aromatic N) is 5. The van der Waals surface area contributed by atoms with Gasteiger partial charge >= 0.3 is 0 Å². The summed E-state index contributed by atoms with van der Waals surface area (Å²) < 4.78 is 18.0. The number of rotatable bonds is 8. The van der Waals surface area contributed by atoms with Crippen molar-refractivity contribution in [3.8, 4) is 11.1 Å². The lowest BCUT2D eigenvalue weighted by molar-refractivity contribution is -0.121. The quantitative estimate of drug-likeness (QED) is 0.242. The highest BCUT2D eigenvalue weighted by atomic mass is 32.1. The van der Waals surface area contributed by atoms with E-state index in [-0.39, 0.29) is 24.0 Å². The van der Waals surface area contributed by atoms with Crippen LogP contribution in [0.4, 0.5) is 9.52 Å². The summed E-state index contributed by atoms with van der Waals surface area (Å²) >= 11 is 1.30. The minimum atomic E-state index is -1.01. The monoisotopic (exact) mass is 692 g/mol. The van der Waals surface area contributed by atoms with Crippen LogP contribution >= 0.6 is 11.3 Å². The molecular weight excluding hydrogens is 652 g/mol. The lowest BCUT2D eigenvalue weighted by Crippen LogP contribution is -2.38. The fourth-order valence-electron chi connectivity index (χ4n) is 10.7. The molecule has 3 saturated carbocycles. The van der Waals surface area contributed by atoms with Crippen molar-refractivity contribution in [2.45, 2.75) is 75.6 Å². The number of amides is 2. The topological polar surface area (TPSA) is 104 Å². The van der Waals surface area contributed by atoms with Crippen LogP contribution in [0.3, 0.4) is 0 Å². The van der Waals surface area contributed by atoms with Crippen LogP contribution in [0, 0.1) is 29.5 Å². The molecule has 10 rings (SSSR count). The predicted octanol–water partition coefficient (Wildman–Crippen LogP) is 5.80. The van der Waals surface area contributed by atoms with Crippen LogP contribution < -0.4 is 5.32 Å². The van der Waals surface area contributed by atoms with Crippen molar-refractivity contribution in [2.75, 3.05) is 25.0 Å². The van der Waals surface area contributed by atoms with Crippen molar-refractivity contribution < 1.29 is 19.1 Å². The maximum Gasteiger partial charge on any atom is 0.255 e. The first kappa shape index (κ1) is 30.9. The molecule has 2 N–H and O–H groups in total. The first-order valence-corrected chi connectivity index (χ1v) is 19.2. The number of fused-ring (bicyclic) bond motifs is 3. The van der Waals surface area contributed by atoms with Gasteiger partial charge in [-0.1, -0.05) is 24.3 Å². The van der Waals surface area contributed by atoms with Gasteiger partial charge in [-0.15, -0.1) is 11.3 Å². The Hall–Kier alpha value is -3.93. The van der Waals surface area contributed by atoms with Gasteiger partial charge in [-0.25, -0.2) is 14.4 Å².